The molecule has 0 saturated heterocycles. The van der Waals surface area contributed by atoms with Crippen LogP contribution in [0.15, 0.2) is 188 Å². The fraction of sp³-hybridized carbons (Fsp3) is 0.320. The van der Waals surface area contributed by atoms with Crippen molar-refractivity contribution in [2.24, 2.45) is 0 Å². The normalized spacial score (nSPS) is 19.4. The van der Waals surface area contributed by atoms with Crippen LogP contribution in [-0.2, 0) is 66.1 Å². The lowest BCUT2D eigenvalue weighted by Gasteiger charge is -2.47. The molecule has 0 N–H and O–H groups in total. The van der Waals surface area contributed by atoms with E-state index < -0.39 is 38.4 Å². The highest BCUT2D eigenvalue weighted by Gasteiger charge is 2.61. The number of esters is 3. The number of benzene rings is 6. The zero-order valence-corrected chi connectivity index (χ0v) is 56.4. The molecule has 0 radical (unpaired) electrons. The first kappa shape index (κ1) is 72.6. The number of carbonyl (C=O) groups excluding carboxylic acids is 3. The molecule has 0 aliphatic carbocycles. The maximum Gasteiger partial charge on any atom is 0.425 e. The first-order chi connectivity index (χ1) is 44.3. The molecular formula is C75H83N3O15S2. The van der Waals surface area contributed by atoms with Crippen molar-refractivity contribution in [3.63, 3.8) is 0 Å². The Kier molecular flexibility index (Phi) is 22.4. The predicted molar refractivity (Wildman–Crippen MR) is 370 cm³/mol. The van der Waals surface area contributed by atoms with Crippen molar-refractivity contribution in [1.29, 1.82) is 0 Å². The SMILES string of the molecule is C.C=C(C)C(=O)OCCN1c2ccccc2C(C)(C)[C@]12C=Cc1cc(C)ccc1O2.C=C(C)C(=O)OCCN1c2ccccc2C(C)(C)[C@]12C=Cc1cc(C)ccc1O2.C=C(C)C(=O)OCCN1c2ccccc2C(C)(C)[C@]12C=Cc1ccccc1O2.O=S(=O)=O.O=S(=O)=O. The summed E-state index contributed by atoms with van der Waals surface area (Å²) in [4.78, 5) is 42.2. The van der Waals surface area contributed by atoms with Crippen molar-refractivity contribution >= 4 is 74.4 Å². The van der Waals surface area contributed by atoms with E-state index in [1.807, 2.05) is 54.6 Å². The van der Waals surface area contributed by atoms with Gasteiger partial charge < -0.3 is 43.1 Å². The van der Waals surface area contributed by atoms with Crippen LogP contribution in [0.4, 0.5) is 17.1 Å². The monoisotopic (exact) mass is 1330 g/mol. The van der Waals surface area contributed by atoms with Crippen molar-refractivity contribution in [1.82, 2.24) is 0 Å². The lowest BCUT2D eigenvalue weighted by Crippen LogP contribution is -2.60. The molecule has 12 rings (SSSR count). The van der Waals surface area contributed by atoms with Crippen LogP contribution in [-0.4, -0.2) is 99.8 Å². The number of ether oxygens (including phenoxy) is 6. The minimum Gasteiger partial charge on any atom is -0.463 e. The van der Waals surface area contributed by atoms with Gasteiger partial charge in [0.25, 0.3) is 0 Å². The van der Waals surface area contributed by atoms with Gasteiger partial charge in [-0.1, -0.05) is 123 Å². The Hall–Kier alpha value is -9.79. The first-order valence-electron chi connectivity index (χ1n) is 30.4. The summed E-state index contributed by atoms with van der Waals surface area (Å²) in [5, 5.41) is 0. The Bertz CT molecular complexity index is 4100. The van der Waals surface area contributed by atoms with E-state index in [0.717, 1.165) is 51.0 Å². The largest absolute Gasteiger partial charge is 0.463 e. The van der Waals surface area contributed by atoms with E-state index in [1.54, 1.807) is 20.8 Å². The van der Waals surface area contributed by atoms with E-state index in [9.17, 15) is 14.4 Å². The van der Waals surface area contributed by atoms with Crippen LogP contribution in [0.1, 0.15) is 114 Å². The molecule has 0 fully saturated rings. The predicted octanol–water partition coefficient (Wildman–Crippen LogP) is 13.4. The van der Waals surface area contributed by atoms with Gasteiger partial charge in [0, 0.05) is 50.5 Å². The zero-order valence-electron chi connectivity index (χ0n) is 54.8. The topological polar surface area (TPSA) is 219 Å². The van der Waals surface area contributed by atoms with Gasteiger partial charge in [0.2, 0.25) is 17.2 Å². The third kappa shape index (κ3) is 14.5. The summed E-state index contributed by atoms with van der Waals surface area (Å²) in [7, 11) is -6.22. The number of fused-ring (bicyclic) bond motifs is 6. The van der Waals surface area contributed by atoms with Crippen LogP contribution >= 0.6 is 0 Å². The Morgan fingerprint density at radius 2 is 0.674 bits per heavy atom. The average Bonchev–Trinajstić information content (AvgIpc) is 1.61. The molecule has 0 aromatic heterocycles. The molecule has 6 aliphatic rings. The summed E-state index contributed by atoms with van der Waals surface area (Å²) in [6, 6.07) is 45.5. The van der Waals surface area contributed by atoms with E-state index in [0.29, 0.717) is 36.4 Å². The zero-order chi connectivity index (χ0) is 68.7. The molecule has 3 spiro atoms. The molecule has 6 aromatic rings. The van der Waals surface area contributed by atoms with Gasteiger partial charge >= 0.3 is 39.1 Å². The number of hydrogen-bond acceptors (Lipinski definition) is 18. The third-order valence-corrected chi connectivity index (χ3v) is 17.7. The first-order valence-corrected chi connectivity index (χ1v) is 32.4. The van der Waals surface area contributed by atoms with Gasteiger partial charge in [-0.15, -0.1) is 25.3 Å². The molecule has 500 valence electrons. The second-order valence-electron chi connectivity index (χ2n) is 25.1. The van der Waals surface area contributed by atoms with Crippen molar-refractivity contribution < 1.29 is 68.1 Å². The number of anilines is 3. The highest BCUT2D eigenvalue weighted by Crippen LogP contribution is 2.58. The molecular weight excluding hydrogens is 1250 g/mol. The minimum atomic E-state index is -3.11. The van der Waals surface area contributed by atoms with Gasteiger partial charge in [0.1, 0.15) is 37.1 Å². The van der Waals surface area contributed by atoms with Crippen LogP contribution in [0.5, 0.6) is 17.2 Å². The molecule has 18 nitrogen and oxygen atoms in total. The third-order valence-electron chi connectivity index (χ3n) is 17.7. The van der Waals surface area contributed by atoms with Crippen LogP contribution in [0.3, 0.4) is 0 Å². The van der Waals surface area contributed by atoms with Crippen LogP contribution < -0.4 is 28.9 Å². The van der Waals surface area contributed by atoms with Gasteiger partial charge in [0.15, 0.2) is 0 Å². The maximum atomic E-state index is 11.9. The van der Waals surface area contributed by atoms with Gasteiger partial charge in [-0.25, -0.2) is 14.4 Å². The van der Waals surface area contributed by atoms with E-state index in [-0.39, 0.29) is 61.4 Å². The summed E-state index contributed by atoms with van der Waals surface area (Å²) >= 11 is 0. The molecule has 0 amide bonds. The highest BCUT2D eigenvalue weighted by molar-refractivity contribution is 7.59. The molecule has 0 unspecified atom stereocenters. The molecule has 6 aliphatic heterocycles. The van der Waals surface area contributed by atoms with Crippen LogP contribution in [0.25, 0.3) is 18.2 Å². The van der Waals surface area contributed by atoms with E-state index in [1.165, 1.54) is 27.8 Å². The lowest BCUT2D eigenvalue weighted by atomic mass is 9.76. The van der Waals surface area contributed by atoms with E-state index in [4.69, 9.17) is 53.7 Å². The second kappa shape index (κ2) is 29.2. The Balaban J connectivity index is 0.000000189. The van der Waals surface area contributed by atoms with Gasteiger partial charge in [-0.2, -0.15) is 0 Å². The maximum absolute atomic E-state index is 11.9. The summed E-state index contributed by atoms with van der Waals surface area (Å²) in [6.45, 7) is 35.6. The Labute approximate surface area is 560 Å². The summed E-state index contributed by atoms with van der Waals surface area (Å²) in [5.74, 6) is 1.48. The van der Waals surface area contributed by atoms with Gasteiger partial charge in [-0.3, -0.25) is 0 Å². The number of aryl methyl sites for hydroxylation is 2. The van der Waals surface area contributed by atoms with E-state index >= 15 is 0 Å². The van der Waals surface area contributed by atoms with Crippen molar-refractivity contribution in [3.8, 4) is 17.2 Å². The smallest absolute Gasteiger partial charge is 0.425 e. The second-order valence-corrected chi connectivity index (χ2v) is 25.9. The lowest BCUT2D eigenvalue weighted by molar-refractivity contribution is -0.139. The molecule has 6 heterocycles. The molecule has 6 aromatic carbocycles. The standard InChI is InChI=1S/2C25H27NO3.C24H25NO3.CH4.2O3S/c2*1-17(2)23(27)28-15-14-26-21-9-7-6-8-20(21)24(4,5)25(26)13-12-19-16-18(3)10-11-22(19)29-25;1-17(2)22(26)27-16-15-25-20-11-7-6-10-19(20)23(3,4)24(25)14-13-18-9-5-8-12-21(18)28-24;;2*1-4(2)3/h2*6-13,16H,1,14-15H2,2-5H3;5-14H,1,15-16H2,2-4H3;1H4;;/t2*25-;24-;;;/m111.../s1. The number of nitrogens with zero attached hydrogens (tertiary/aromatic N) is 3. The minimum absolute atomic E-state index is 0. The molecule has 0 saturated carbocycles. The van der Waals surface area contributed by atoms with Crippen molar-refractivity contribution in [2.45, 2.75) is 117 Å². The fourth-order valence-corrected chi connectivity index (χ4v) is 12.9. The average molecular weight is 1330 g/mol. The molecule has 3 atom stereocenters. The summed E-state index contributed by atoms with van der Waals surface area (Å²) in [5.41, 5.74) is 10.8. The van der Waals surface area contributed by atoms with Crippen LogP contribution in [0, 0.1) is 13.8 Å². The highest BCUT2D eigenvalue weighted by atomic mass is 32.2. The number of carbonyl (C=O) groups is 3. The quantitative estimate of drug-likeness (QED) is 0.0632. The Morgan fingerprint density at radius 3 is 0.979 bits per heavy atom. The van der Waals surface area contributed by atoms with Gasteiger partial charge in [-0.05, 0) is 178 Å². The molecule has 20 heteroatoms. The number of para-hydroxylation sites is 4. The molecule has 0 bridgehead atoms. The van der Waals surface area contributed by atoms with Gasteiger partial charge in [0.05, 0.1) is 35.9 Å². The number of rotatable bonds is 12. The van der Waals surface area contributed by atoms with E-state index in [2.05, 4.69) is 205 Å². The number of hydrogen-bond donors (Lipinski definition) is 0. The Morgan fingerprint density at radius 1 is 0.411 bits per heavy atom. The van der Waals surface area contributed by atoms with Crippen molar-refractivity contribution in [2.75, 3.05) is 54.2 Å². The summed E-state index contributed by atoms with van der Waals surface area (Å²) < 4.78 is 87.0. The van der Waals surface area contributed by atoms with Crippen LogP contribution in [0.2, 0.25) is 0 Å². The summed E-state index contributed by atoms with van der Waals surface area (Å²) in [6.07, 6.45) is 12.8. The molecule has 95 heavy (non-hydrogen) atoms. The fourth-order valence-electron chi connectivity index (χ4n) is 12.9. The van der Waals surface area contributed by atoms with Crippen molar-refractivity contribution in [3.05, 3.63) is 233 Å².